The van der Waals surface area contributed by atoms with Crippen LogP contribution in [-0.2, 0) is 4.79 Å². The fraction of sp³-hybridized carbons (Fsp3) is 0.182. The second-order valence-electron chi connectivity index (χ2n) is 3.82. The van der Waals surface area contributed by atoms with E-state index < -0.39 is 6.04 Å². The number of hydrogen-bond donors (Lipinski definition) is 1. The zero-order valence-electron chi connectivity index (χ0n) is 8.80. The molecule has 1 atom stereocenters. The number of carbonyl (C=O) groups excluding carboxylic acids is 1. The van der Waals surface area contributed by atoms with Crippen LogP contribution in [0.25, 0.3) is 0 Å². The molecule has 1 aliphatic rings. The van der Waals surface area contributed by atoms with Crippen molar-refractivity contribution >= 4 is 11.9 Å². The molecular weight excluding hydrogens is 223 g/mol. The number of rotatable bonds is 1. The number of carbonyl (C=O) groups is 1. The van der Waals surface area contributed by atoms with Gasteiger partial charge < -0.3 is 0 Å². The summed E-state index contributed by atoms with van der Waals surface area (Å²) in [7, 11) is 0. The molecule has 1 N–H and O–H groups in total. The van der Waals surface area contributed by atoms with Crippen LogP contribution < -0.4 is 5.32 Å². The first-order valence-corrected chi connectivity index (χ1v) is 5.19. The molecule has 0 aliphatic carbocycles. The van der Waals surface area contributed by atoms with E-state index in [2.05, 4.69) is 15.4 Å². The van der Waals surface area contributed by atoms with Crippen molar-refractivity contribution in [3.63, 3.8) is 0 Å². The molecule has 5 nitrogen and oxygen atoms in total. The summed E-state index contributed by atoms with van der Waals surface area (Å²) in [6, 6.07) is 5.95. The van der Waals surface area contributed by atoms with Crippen LogP contribution in [0.1, 0.15) is 18.0 Å². The van der Waals surface area contributed by atoms with Crippen LogP contribution in [0.4, 0.5) is 10.3 Å². The molecule has 1 amide bonds. The van der Waals surface area contributed by atoms with Crippen LogP contribution >= 0.6 is 0 Å². The van der Waals surface area contributed by atoms with Gasteiger partial charge in [-0.25, -0.2) is 9.07 Å². The molecule has 3 rings (SSSR count). The van der Waals surface area contributed by atoms with Crippen molar-refractivity contribution in [1.82, 2.24) is 14.8 Å². The molecule has 6 heteroatoms. The number of anilines is 1. The third-order valence-corrected chi connectivity index (χ3v) is 2.76. The molecular formula is C11H9FN4O. The number of hydrogen-bond acceptors (Lipinski definition) is 3. The monoisotopic (exact) mass is 232 g/mol. The second kappa shape index (κ2) is 3.65. The lowest BCUT2D eigenvalue weighted by molar-refractivity contribution is -0.117. The quantitative estimate of drug-likeness (QED) is 0.807. The van der Waals surface area contributed by atoms with Crippen molar-refractivity contribution in [2.24, 2.45) is 0 Å². The molecule has 17 heavy (non-hydrogen) atoms. The lowest BCUT2D eigenvalue weighted by atomic mass is 10.0. The van der Waals surface area contributed by atoms with Gasteiger partial charge in [0.2, 0.25) is 11.9 Å². The molecule has 1 aromatic carbocycles. The van der Waals surface area contributed by atoms with Crippen LogP contribution in [0, 0.1) is 5.82 Å². The van der Waals surface area contributed by atoms with Gasteiger partial charge in [0.1, 0.15) is 12.1 Å². The van der Waals surface area contributed by atoms with E-state index in [4.69, 9.17) is 0 Å². The van der Waals surface area contributed by atoms with Gasteiger partial charge in [0.15, 0.2) is 0 Å². The standard InChI is InChI=1S/C11H9FN4O/c12-8-4-2-1-3-7(8)9-5-10(17)15-11-13-6-14-16(9)11/h1-4,6,9H,5H2,(H,13,14,15,17)/t9-/m1/s1. The van der Waals surface area contributed by atoms with Crippen molar-refractivity contribution in [2.45, 2.75) is 12.5 Å². The van der Waals surface area contributed by atoms with Crippen molar-refractivity contribution in [1.29, 1.82) is 0 Å². The number of fused-ring (bicyclic) bond motifs is 1. The van der Waals surface area contributed by atoms with Crippen LogP contribution in [0.5, 0.6) is 0 Å². The van der Waals surface area contributed by atoms with Gasteiger partial charge in [-0.2, -0.15) is 10.1 Å². The van der Waals surface area contributed by atoms with E-state index >= 15 is 0 Å². The smallest absolute Gasteiger partial charge is 0.229 e. The van der Waals surface area contributed by atoms with Gasteiger partial charge in [-0.3, -0.25) is 10.1 Å². The Morgan fingerprint density at radius 2 is 2.24 bits per heavy atom. The number of aromatic nitrogens is 3. The van der Waals surface area contributed by atoms with Gasteiger partial charge >= 0.3 is 0 Å². The molecule has 2 heterocycles. The van der Waals surface area contributed by atoms with Gasteiger partial charge in [-0.15, -0.1) is 0 Å². The molecule has 0 radical (unpaired) electrons. The maximum Gasteiger partial charge on any atom is 0.229 e. The summed E-state index contributed by atoms with van der Waals surface area (Å²) in [6.07, 6.45) is 1.51. The van der Waals surface area contributed by atoms with Crippen LogP contribution in [0.3, 0.4) is 0 Å². The van der Waals surface area contributed by atoms with Gasteiger partial charge in [-0.05, 0) is 6.07 Å². The van der Waals surface area contributed by atoms with E-state index in [9.17, 15) is 9.18 Å². The number of nitrogens with zero attached hydrogens (tertiary/aromatic N) is 3. The van der Waals surface area contributed by atoms with Crippen molar-refractivity contribution in [3.8, 4) is 0 Å². The summed E-state index contributed by atoms with van der Waals surface area (Å²) >= 11 is 0. The van der Waals surface area contributed by atoms with Gasteiger partial charge in [0.25, 0.3) is 0 Å². The molecule has 2 aromatic rings. The Kier molecular flexibility index (Phi) is 2.14. The lowest BCUT2D eigenvalue weighted by Crippen LogP contribution is -2.29. The summed E-state index contributed by atoms with van der Waals surface area (Å²) in [6.45, 7) is 0. The molecule has 0 bridgehead atoms. The summed E-state index contributed by atoms with van der Waals surface area (Å²) in [5.41, 5.74) is 0.453. The minimum atomic E-state index is -0.428. The first-order chi connectivity index (χ1) is 8.25. The molecule has 0 saturated carbocycles. The number of amides is 1. The highest BCUT2D eigenvalue weighted by molar-refractivity contribution is 5.91. The third-order valence-electron chi connectivity index (χ3n) is 2.76. The molecule has 86 valence electrons. The summed E-state index contributed by atoms with van der Waals surface area (Å²) < 4.78 is 15.2. The average molecular weight is 232 g/mol. The van der Waals surface area contributed by atoms with E-state index in [1.807, 2.05) is 0 Å². The maximum absolute atomic E-state index is 13.7. The highest BCUT2D eigenvalue weighted by Crippen LogP contribution is 2.29. The first-order valence-electron chi connectivity index (χ1n) is 5.19. The normalized spacial score (nSPS) is 18.6. The van der Waals surface area contributed by atoms with Crippen LogP contribution in [0.2, 0.25) is 0 Å². The van der Waals surface area contributed by atoms with E-state index in [1.165, 1.54) is 17.1 Å². The van der Waals surface area contributed by atoms with E-state index in [0.717, 1.165) is 0 Å². The van der Waals surface area contributed by atoms with E-state index in [0.29, 0.717) is 11.5 Å². The lowest BCUT2D eigenvalue weighted by Gasteiger charge is -2.23. The highest BCUT2D eigenvalue weighted by Gasteiger charge is 2.29. The number of halogens is 1. The van der Waals surface area contributed by atoms with Gasteiger partial charge in [-0.1, -0.05) is 18.2 Å². The van der Waals surface area contributed by atoms with E-state index in [1.54, 1.807) is 18.2 Å². The van der Waals surface area contributed by atoms with Crippen molar-refractivity contribution < 1.29 is 9.18 Å². The fourth-order valence-corrected chi connectivity index (χ4v) is 1.99. The minimum Gasteiger partial charge on any atom is -0.295 e. The van der Waals surface area contributed by atoms with Crippen molar-refractivity contribution in [3.05, 3.63) is 42.0 Å². The largest absolute Gasteiger partial charge is 0.295 e. The topological polar surface area (TPSA) is 59.8 Å². The highest BCUT2D eigenvalue weighted by atomic mass is 19.1. The minimum absolute atomic E-state index is 0.164. The summed E-state index contributed by atoms with van der Waals surface area (Å²) in [5.74, 6) is -0.165. The Bertz CT molecular complexity index is 580. The Hall–Kier alpha value is -2.24. The van der Waals surface area contributed by atoms with Crippen molar-refractivity contribution in [2.75, 3.05) is 5.32 Å². The fourth-order valence-electron chi connectivity index (χ4n) is 1.99. The Morgan fingerprint density at radius 1 is 1.41 bits per heavy atom. The Morgan fingerprint density at radius 3 is 3.06 bits per heavy atom. The molecule has 0 fully saturated rings. The molecule has 0 unspecified atom stereocenters. The predicted molar refractivity (Wildman–Crippen MR) is 57.8 cm³/mol. The predicted octanol–water partition coefficient (Wildman–Crippen LogP) is 1.35. The maximum atomic E-state index is 13.7. The second-order valence-corrected chi connectivity index (χ2v) is 3.82. The van der Waals surface area contributed by atoms with Crippen LogP contribution in [-0.4, -0.2) is 20.7 Å². The Balaban J connectivity index is 2.11. The molecule has 1 aliphatic heterocycles. The van der Waals surface area contributed by atoms with Gasteiger partial charge in [0.05, 0.1) is 12.5 Å². The SMILES string of the molecule is O=C1C[C@H](c2ccccc2F)n2ncnc2N1. The van der Waals surface area contributed by atoms with Crippen LogP contribution in [0.15, 0.2) is 30.6 Å². The number of benzene rings is 1. The number of nitrogens with one attached hydrogen (secondary N) is 1. The molecule has 1 aromatic heterocycles. The zero-order chi connectivity index (χ0) is 11.8. The molecule has 0 saturated heterocycles. The summed E-state index contributed by atoms with van der Waals surface area (Å²) in [4.78, 5) is 15.4. The van der Waals surface area contributed by atoms with E-state index in [-0.39, 0.29) is 18.1 Å². The summed E-state index contributed by atoms with van der Waals surface area (Å²) in [5, 5.41) is 6.60. The first kappa shape index (κ1) is 9.95. The van der Waals surface area contributed by atoms with Gasteiger partial charge in [0, 0.05) is 5.56 Å². The Labute approximate surface area is 96.3 Å². The molecule has 0 spiro atoms. The zero-order valence-corrected chi connectivity index (χ0v) is 8.80. The average Bonchev–Trinajstić information content (AvgIpc) is 2.76. The third kappa shape index (κ3) is 1.57.